The smallest absolute Gasteiger partial charge is 0.297 e. The van der Waals surface area contributed by atoms with Gasteiger partial charge in [-0.3, -0.25) is 4.79 Å². The molecule has 0 spiro atoms. The molecule has 5 nitrogen and oxygen atoms in total. The molecule has 0 fully saturated rings. The maximum Gasteiger partial charge on any atom is 0.297 e. The molecule has 0 aliphatic heterocycles. The molecule has 0 saturated heterocycles. The summed E-state index contributed by atoms with van der Waals surface area (Å²) in [4.78, 5) is 13.2. The highest BCUT2D eigenvalue weighted by Crippen LogP contribution is 2.36. The Morgan fingerprint density at radius 3 is 2.33 bits per heavy atom. The van der Waals surface area contributed by atoms with Gasteiger partial charge in [0.15, 0.2) is 5.75 Å². The fraction of sp³-hybridized carbons (Fsp3) is 0.318. The van der Waals surface area contributed by atoms with E-state index < -0.39 is 0 Å². The van der Waals surface area contributed by atoms with Crippen LogP contribution in [0.1, 0.15) is 39.3 Å². The van der Waals surface area contributed by atoms with Crippen molar-refractivity contribution < 1.29 is 14.6 Å². The van der Waals surface area contributed by atoms with Crippen LogP contribution in [0.2, 0.25) is 0 Å². The molecule has 0 amide bonds. The average Bonchev–Trinajstić information content (AvgIpc) is 2.62. The van der Waals surface area contributed by atoms with Crippen molar-refractivity contribution in [2.75, 3.05) is 0 Å². The summed E-state index contributed by atoms with van der Waals surface area (Å²) in [6.07, 6.45) is -0.174. The molecule has 0 bridgehead atoms. The molecule has 1 N–H and O–H groups in total. The first-order chi connectivity index (χ1) is 12.9. The fourth-order valence-electron chi connectivity index (χ4n) is 3.07. The van der Waals surface area contributed by atoms with Gasteiger partial charge in [0.05, 0.1) is 11.6 Å². The Labute approximate surface area is 158 Å². The molecular weight excluding hydrogens is 342 g/mol. The van der Waals surface area contributed by atoms with Gasteiger partial charge in [0.25, 0.3) is 5.56 Å². The number of phenols is 1. The van der Waals surface area contributed by atoms with Crippen LogP contribution in [0.5, 0.6) is 17.2 Å². The lowest BCUT2D eigenvalue weighted by Crippen LogP contribution is -2.26. The molecule has 3 aromatic rings. The number of nitrogens with zero attached hydrogens (tertiary/aromatic N) is 1. The minimum absolute atomic E-state index is 0.0977. The number of hydrogen-bond acceptors (Lipinski definition) is 4. The zero-order valence-electron chi connectivity index (χ0n) is 16.1. The van der Waals surface area contributed by atoms with Gasteiger partial charge >= 0.3 is 0 Å². The van der Waals surface area contributed by atoms with E-state index in [0.717, 1.165) is 10.9 Å². The molecule has 0 aliphatic carbocycles. The maximum absolute atomic E-state index is 13.2. The molecule has 142 valence electrons. The summed E-state index contributed by atoms with van der Waals surface area (Å²) in [7, 11) is 0. The number of aromatic nitrogens is 1. The van der Waals surface area contributed by atoms with Crippen molar-refractivity contribution in [1.29, 1.82) is 0 Å². The van der Waals surface area contributed by atoms with Crippen molar-refractivity contribution in [1.82, 2.24) is 4.57 Å². The third kappa shape index (κ3) is 3.92. The first kappa shape index (κ1) is 18.8. The Bertz CT molecular complexity index is 991. The summed E-state index contributed by atoms with van der Waals surface area (Å²) in [6, 6.07) is 14.6. The van der Waals surface area contributed by atoms with Crippen LogP contribution in [0, 0.1) is 0 Å². The Kier molecular flexibility index (Phi) is 5.40. The second kappa shape index (κ2) is 7.74. The molecule has 3 rings (SSSR count). The number of ether oxygens (including phenoxy) is 2. The largest absolute Gasteiger partial charge is 0.508 e. The Morgan fingerprint density at radius 2 is 1.70 bits per heavy atom. The van der Waals surface area contributed by atoms with Gasteiger partial charge in [-0.25, -0.2) is 0 Å². The molecule has 27 heavy (non-hydrogen) atoms. The lowest BCUT2D eigenvalue weighted by molar-refractivity contribution is 0.214. The molecule has 1 aromatic heterocycles. The van der Waals surface area contributed by atoms with E-state index in [2.05, 4.69) is 0 Å². The van der Waals surface area contributed by atoms with Crippen LogP contribution >= 0.6 is 0 Å². The Hall–Kier alpha value is -2.95. The predicted molar refractivity (Wildman–Crippen MR) is 107 cm³/mol. The minimum atomic E-state index is -0.264. The number of phenolic OH excluding ortho intramolecular Hbond substituents is 1. The molecule has 0 radical (unpaired) electrons. The van der Waals surface area contributed by atoms with Gasteiger partial charge in [-0.2, -0.15) is 0 Å². The molecule has 0 saturated carbocycles. The van der Waals surface area contributed by atoms with Crippen LogP contribution in [0.15, 0.2) is 53.3 Å². The lowest BCUT2D eigenvalue weighted by atomic mass is 10.1. The standard InChI is InChI=1S/C22H25NO4/c1-14(2)23-19-12-17(24)10-11-18(19)20(21(22(23)25)27-15(3)4)26-13-16-8-6-5-7-9-16/h5-12,14-15,24H,13H2,1-4H3. The topological polar surface area (TPSA) is 60.7 Å². The van der Waals surface area contributed by atoms with Crippen molar-refractivity contribution in [3.8, 4) is 17.2 Å². The number of hydrogen-bond donors (Lipinski definition) is 1. The highest BCUT2D eigenvalue weighted by atomic mass is 16.5. The zero-order valence-corrected chi connectivity index (χ0v) is 16.1. The maximum atomic E-state index is 13.2. The molecule has 0 atom stereocenters. The first-order valence-electron chi connectivity index (χ1n) is 9.13. The first-order valence-corrected chi connectivity index (χ1v) is 9.13. The third-order valence-corrected chi connectivity index (χ3v) is 4.20. The van der Waals surface area contributed by atoms with E-state index in [9.17, 15) is 9.90 Å². The van der Waals surface area contributed by atoms with E-state index in [1.54, 1.807) is 22.8 Å². The fourth-order valence-corrected chi connectivity index (χ4v) is 3.07. The second-order valence-corrected chi connectivity index (χ2v) is 7.07. The SMILES string of the molecule is CC(C)Oc1c(OCc2ccccc2)c2ccc(O)cc2n(C(C)C)c1=O. The molecule has 0 unspecified atom stereocenters. The van der Waals surface area contributed by atoms with Gasteiger partial charge in [-0.15, -0.1) is 0 Å². The van der Waals surface area contributed by atoms with Crippen LogP contribution < -0.4 is 15.0 Å². The van der Waals surface area contributed by atoms with Crippen molar-refractivity contribution in [3.63, 3.8) is 0 Å². The van der Waals surface area contributed by atoms with Crippen LogP contribution in [-0.4, -0.2) is 15.8 Å². The molecule has 5 heteroatoms. The van der Waals surface area contributed by atoms with E-state index in [-0.39, 0.29) is 29.2 Å². The normalized spacial score (nSPS) is 11.3. The van der Waals surface area contributed by atoms with E-state index in [1.165, 1.54) is 0 Å². The van der Waals surface area contributed by atoms with Crippen LogP contribution in [0.4, 0.5) is 0 Å². The van der Waals surface area contributed by atoms with Crippen molar-refractivity contribution in [2.45, 2.75) is 46.4 Å². The highest BCUT2D eigenvalue weighted by Gasteiger charge is 2.22. The minimum Gasteiger partial charge on any atom is -0.508 e. The predicted octanol–water partition coefficient (Wildman–Crippen LogP) is 4.65. The van der Waals surface area contributed by atoms with E-state index >= 15 is 0 Å². The monoisotopic (exact) mass is 367 g/mol. The van der Waals surface area contributed by atoms with Gasteiger partial charge in [-0.05, 0) is 45.4 Å². The van der Waals surface area contributed by atoms with Crippen LogP contribution in [-0.2, 0) is 6.61 Å². The van der Waals surface area contributed by atoms with Crippen LogP contribution in [0.25, 0.3) is 10.9 Å². The van der Waals surface area contributed by atoms with Crippen molar-refractivity contribution >= 4 is 10.9 Å². The average molecular weight is 367 g/mol. The van der Waals surface area contributed by atoms with Crippen LogP contribution in [0.3, 0.4) is 0 Å². The third-order valence-electron chi connectivity index (χ3n) is 4.20. The van der Waals surface area contributed by atoms with Gasteiger partial charge in [-0.1, -0.05) is 30.3 Å². The van der Waals surface area contributed by atoms with Gasteiger partial charge < -0.3 is 19.1 Å². The summed E-state index contributed by atoms with van der Waals surface area (Å²) in [5, 5.41) is 10.7. The van der Waals surface area contributed by atoms with E-state index in [4.69, 9.17) is 9.47 Å². The van der Waals surface area contributed by atoms with Crippen molar-refractivity contribution in [2.24, 2.45) is 0 Å². The highest BCUT2D eigenvalue weighted by molar-refractivity contribution is 5.89. The molecule has 1 heterocycles. The molecular formula is C22H25NO4. The summed E-state index contributed by atoms with van der Waals surface area (Å²) in [5.74, 6) is 0.708. The summed E-state index contributed by atoms with van der Waals surface area (Å²) in [6.45, 7) is 7.92. The quantitative estimate of drug-likeness (QED) is 0.689. The van der Waals surface area contributed by atoms with Gasteiger partial charge in [0.2, 0.25) is 5.75 Å². The Morgan fingerprint density at radius 1 is 1.00 bits per heavy atom. The summed E-state index contributed by atoms with van der Waals surface area (Å²) < 4.78 is 13.6. The number of benzene rings is 2. The van der Waals surface area contributed by atoms with Crippen molar-refractivity contribution in [3.05, 3.63) is 64.4 Å². The second-order valence-electron chi connectivity index (χ2n) is 7.07. The van der Waals surface area contributed by atoms with Gasteiger partial charge in [0, 0.05) is 17.5 Å². The summed E-state index contributed by atoms with van der Waals surface area (Å²) in [5.41, 5.74) is 1.35. The Balaban J connectivity index is 2.22. The number of rotatable bonds is 6. The molecule has 2 aromatic carbocycles. The van der Waals surface area contributed by atoms with E-state index in [1.807, 2.05) is 58.0 Å². The summed E-state index contributed by atoms with van der Waals surface area (Å²) >= 11 is 0. The number of fused-ring (bicyclic) bond motifs is 1. The van der Waals surface area contributed by atoms with Gasteiger partial charge in [0.1, 0.15) is 12.4 Å². The zero-order chi connectivity index (χ0) is 19.6. The van der Waals surface area contributed by atoms with E-state index in [0.29, 0.717) is 17.9 Å². The molecule has 0 aliphatic rings. The lowest BCUT2D eigenvalue weighted by Gasteiger charge is -2.21. The number of aromatic hydroxyl groups is 1. The number of pyridine rings is 1.